The van der Waals surface area contributed by atoms with Gasteiger partial charge >= 0.3 is 0 Å². The Balaban J connectivity index is 1.68. The fourth-order valence-electron chi connectivity index (χ4n) is 3.88. The molecule has 0 saturated carbocycles. The first-order chi connectivity index (χ1) is 9.88. The lowest BCUT2D eigenvalue weighted by atomic mass is 10.0. The number of hydrogen-bond donors (Lipinski definition) is 0. The second-order valence-corrected chi connectivity index (χ2v) is 6.00. The maximum absolute atomic E-state index is 8.98. The lowest BCUT2D eigenvalue weighted by Gasteiger charge is -2.34. The number of rotatable bonds is 4. The monoisotopic (exact) mass is 269 g/mol. The van der Waals surface area contributed by atoms with Gasteiger partial charge in [-0.1, -0.05) is 30.3 Å². The van der Waals surface area contributed by atoms with Crippen molar-refractivity contribution in [3.63, 3.8) is 0 Å². The highest BCUT2D eigenvalue weighted by atomic mass is 15.3. The Kier molecular flexibility index (Phi) is 4.34. The van der Waals surface area contributed by atoms with E-state index in [9.17, 15) is 0 Å². The molecule has 0 unspecified atom stereocenters. The lowest BCUT2D eigenvalue weighted by molar-refractivity contribution is 0.138. The van der Waals surface area contributed by atoms with Crippen molar-refractivity contribution in [1.29, 1.82) is 5.26 Å². The van der Waals surface area contributed by atoms with Crippen LogP contribution in [0.3, 0.4) is 0 Å². The Morgan fingerprint density at radius 1 is 1.00 bits per heavy atom. The van der Waals surface area contributed by atoms with E-state index in [1.54, 1.807) is 0 Å². The van der Waals surface area contributed by atoms with E-state index in [4.69, 9.17) is 5.26 Å². The fourth-order valence-corrected chi connectivity index (χ4v) is 3.88. The predicted molar refractivity (Wildman–Crippen MR) is 80.1 cm³/mol. The summed E-state index contributed by atoms with van der Waals surface area (Å²) in [5.74, 6) is 0. The van der Waals surface area contributed by atoms with E-state index >= 15 is 0 Å². The predicted octanol–water partition coefficient (Wildman–Crippen LogP) is 2.64. The van der Waals surface area contributed by atoms with Crippen molar-refractivity contribution in [3.05, 3.63) is 35.9 Å². The summed E-state index contributed by atoms with van der Waals surface area (Å²) in [6.45, 7) is 3.97. The largest absolute Gasteiger partial charge is 0.295 e. The summed E-state index contributed by atoms with van der Waals surface area (Å²) >= 11 is 0. The molecule has 2 heterocycles. The Morgan fingerprint density at radius 2 is 1.65 bits per heavy atom. The van der Waals surface area contributed by atoms with Gasteiger partial charge in [0.1, 0.15) is 0 Å². The van der Waals surface area contributed by atoms with E-state index in [1.165, 1.54) is 37.8 Å². The molecule has 1 aromatic rings. The third-order valence-electron chi connectivity index (χ3n) is 4.77. The first-order valence-electron chi connectivity index (χ1n) is 7.77. The molecule has 0 spiro atoms. The molecule has 106 valence electrons. The molecular formula is C17H23N3. The van der Waals surface area contributed by atoms with Crippen LogP contribution in [0.15, 0.2) is 30.3 Å². The van der Waals surface area contributed by atoms with Crippen molar-refractivity contribution >= 4 is 0 Å². The second-order valence-electron chi connectivity index (χ2n) is 6.00. The molecule has 2 aliphatic heterocycles. The summed E-state index contributed by atoms with van der Waals surface area (Å²) in [4.78, 5) is 5.03. The highest BCUT2D eigenvalue weighted by molar-refractivity contribution is 5.15. The van der Waals surface area contributed by atoms with Crippen LogP contribution in [0.1, 0.15) is 31.2 Å². The van der Waals surface area contributed by atoms with Crippen molar-refractivity contribution < 1.29 is 0 Å². The summed E-state index contributed by atoms with van der Waals surface area (Å²) in [5.41, 5.74) is 1.41. The zero-order chi connectivity index (χ0) is 13.8. The Bertz CT molecular complexity index is 465. The van der Waals surface area contributed by atoms with Crippen LogP contribution in [0.4, 0.5) is 0 Å². The molecule has 0 N–H and O–H groups in total. The minimum Gasteiger partial charge on any atom is -0.295 e. The quantitative estimate of drug-likeness (QED) is 0.787. The fraction of sp³-hybridized carbons (Fsp3) is 0.588. The van der Waals surface area contributed by atoms with Crippen LogP contribution < -0.4 is 0 Å². The summed E-state index contributed by atoms with van der Waals surface area (Å²) in [6, 6.07) is 14.3. The third kappa shape index (κ3) is 2.87. The van der Waals surface area contributed by atoms with Gasteiger partial charge in [-0.3, -0.25) is 9.80 Å². The van der Waals surface area contributed by atoms with Crippen LogP contribution in [-0.2, 0) is 6.54 Å². The summed E-state index contributed by atoms with van der Waals surface area (Å²) in [6.07, 6.45) is 5.10. The maximum Gasteiger partial charge on any atom is 0.0868 e. The number of likely N-dealkylation sites (tertiary alicyclic amines) is 2. The van der Waals surface area contributed by atoms with E-state index in [1.807, 2.05) is 0 Å². The highest BCUT2D eigenvalue weighted by Gasteiger charge is 2.37. The van der Waals surface area contributed by atoms with Crippen LogP contribution in [0, 0.1) is 11.3 Å². The molecule has 2 saturated heterocycles. The van der Waals surface area contributed by atoms with Gasteiger partial charge in [-0.2, -0.15) is 5.26 Å². The van der Waals surface area contributed by atoms with Crippen LogP contribution in [0.5, 0.6) is 0 Å². The van der Waals surface area contributed by atoms with Gasteiger partial charge in [0.2, 0.25) is 0 Å². The summed E-state index contributed by atoms with van der Waals surface area (Å²) in [5, 5.41) is 8.98. The normalized spacial score (nSPS) is 27.8. The van der Waals surface area contributed by atoms with E-state index in [2.05, 4.69) is 46.2 Å². The van der Waals surface area contributed by atoms with Gasteiger partial charge in [-0.15, -0.1) is 0 Å². The molecule has 20 heavy (non-hydrogen) atoms. The molecular weight excluding hydrogens is 246 g/mol. The number of benzene rings is 1. The summed E-state index contributed by atoms with van der Waals surface area (Å²) < 4.78 is 0. The van der Waals surface area contributed by atoms with Gasteiger partial charge in [-0.25, -0.2) is 0 Å². The SMILES string of the molecule is N#CCN1CCC[C@H]1[C@H]1CCCN1Cc1ccccc1. The first kappa shape index (κ1) is 13.6. The molecule has 3 rings (SSSR count). The van der Waals surface area contributed by atoms with E-state index < -0.39 is 0 Å². The van der Waals surface area contributed by atoms with Crippen molar-refractivity contribution in [2.75, 3.05) is 19.6 Å². The molecule has 1 aromatic carbocycles. The minimum atomic E-state index is 0.598. The topological polar surface area (TPSA) is 30.3 Å². The number of hydrogen-bond acceptors (Lipinski definition) is 3. The third-order valence-corrected chi connectivity index (χ3v) is 4.77. The van der Waals surface area contributed by atoms with Gasteiger partial charge in [0.15, 0.2) is 0 Å². The smallest absolute Gasteiger partial charge is 0.0868 e. The summed E-state index contributed by atoms with van der Waals surface area (Å²) in [7, 11) is 0. The Hall–Kier alpha value is -1.37. The van der Waals surface area contributed by atoms with Gasteiger partial charge < -0.3 is 0 Å². The molecule has 0 radical (unpaired) electrons. The molecule has 2 aliphatic rings. The Morgan fingerprint density at radius 3 is 2.35 bits per heavy atom. The van der Waals surface area contributed by atoms with Gasteiger partial charge in [0.25, 0.3) is 0 Å². The zero-order valence-electron chi connectivity index (χ0n) is 12.0. The molecule has 3 nitrogen and oxygen atoms in total. The number of nitriles is 1. The highest BCUT2D eigenvalue weighted by Crippen LogP contribution is 2.30. The standard InChI is InChI=1S/C17H23N3/c18-10-13-19-11-4-8-16(19)17-9-5-12-20(17)14-15-6-2-1-3-7-15/h1-3,6-7,16-17H,4-5,8-9,11-14H2/t16-,17+/m0/s1. The van der Waals surface area contributed by atoms with Crippen molar-refractivity contribution in [3.8, 4) is 6.07 Å². The number of nitrogens with zero attached hydrogens (tertiary/aromatic N) is 3. The van der Waals surface area contributed by atoms with Crippen molar-refractivity contribution in [1.82, 2.24) is 9.80 Å². The first-order valence-corrected chi connectivity index (χ1v) is 7.77. The zero-order valence-corrected chi connectivity index (χ0v) is 12.0. The second kappa shape index (κ2) is 6.39. The van der Waals surface area contributed by atoms with Crippen LogP contribution >= 0.6 is 0 Å². The Labute approximate surface area is 121 Å². The van der Waals surface area contributed by atoms with E-state index in [0.717, 1.165) is 13.1 Å². The maximum atomic E-state index is 8.98. The van der Waals surface area contributed by atoms with Crippen LogP contribution in [0.25, 0.3) is 0 Å². The van der Waals surface area contributed by atoms with Gasteiger partial charge in [-0.05, 0) is 44.3 Å². The van der Waals surface area contributed by atoms with Crippen LogP contribution in [-0.4, -0.2) is 41.5 Å². The molecule has 2 atom stereocenters. The molecule has 3 heteroatoms. The van der Waals surface area contributed by atoms with Gasteiger partial charge in [0.05, 0.1) is 12.6 Å². The average molecular weight is 269 g/mol. The van der Waals surface area contributed by atoms with Gasteiger partial charge in [0, 0.05) is 18.6 Å². The lowest BCUT2D eigenvalue weighted by Crippen LogP contribution is -2.45. The van der Waals surface area contributed by atoms with Crippen molar-refractivity contribution in [2.24, 2.45) is 0 Å². The molecule has 0 aromatic heterocycles. The van der Waals surface area contributed by atoms with E-state index in [-0.39, 0.29) is 0 Å². The average Bonchev–Trinajstić information content (AvgIpc) is 3.09. The van der Waals surface area contributed by atoms with Crippen LogP contribution in [0.2, 0.25) is 0 Å². The van der Waals surface area contributed by atoms with E-state index in [0.29, 0.717) is 18.6 Å². The minimum absolute atomic E-state index is 0.598. The molecule has 0 amide bonds. The van der Waals surface area contributed by atoms with Crippen molar-refractivity contribution in [2.45, 2.75) is 44.3 Å². The molecule has 0 aliphatic carbocycles. The molecule has 0 bridgehead atoms. The molecule has 2 fully saturated rings.